The molecular formula is C14H23N3O3. The summed E-state index contributed by atoms with van der Waals surface area (Å²) in [6.45, 7) is 6.75. The summed E-state index contributed by atoms with van der Waals surface area (Å²) >= 11 is 0. The van der Waals surface area contributed by atoms with E-state index >= 15 is 0 Å². The Balaban J connectivity index is 2.98. The highest BCUT2D eigenvalue weighted by molar-refractivity contribution is 5.63. The van der Waals surface area contributed by atoms with Crippen LogP contribution in [-0.2, 0) is 0 Å². The van der Waals surface area contributed by atoms with Crippen LogP contribution in [0.1, 0.15) is 27.2 Å². The summed E-state index contributed by atoms with van der Waals surface area (Å²) in [5.41, 5.74) is 1.39. The fraction of sp³-hybridized carbons (Fsp3) is 0.571. The first-order valence-electron chi connectivity index (χ1n) is 6.88. The topological polar surface area (TPSA) is 87.4 Å². The van der Waals surface area contributed by atoms with Crippen LogP contribution in [0.4, 0.5) is 17.1 Å². The normalized spacial score (nSPS) is 12.2. The van der Waals surface area contributed by atoms with Crippen molar-refractivity contribution in [2.45, 2.75) is 33.2 Å². The van der Waals surface area contributed by atoms with Crippen LogP contribution in [0.5, 0.6) is 0 Å². The van der Waals surface area contributed by atoms with E-state index in [1.807, 2.05) is 26.8 Å². The number of hydrogen-bond acceptors (Lipinski definition) is 5. The maximum absolute atomic E-state index is 11.0. The van der Waals surface area contributed by atoms with E-state index in [4.69, 9.17) is 0 Å². The second-order valence-electron chi connectivity index (χ2n) is 5.13. The molecule has 0 aliphatic heterocycles. The highest BCUT2D eigenvalue weighted by Gasteiger charge is 2.15. The van der Waals surface area contributed by atoms with Crippen LogP contribution < -0.4 is 10.6 Å². The lowest BCUT2D eigenvalue weighted by atomic mass is 10.0. The van der Waals surface area contributed by atoms with Gasteiger partial charge >= 0.3 is 0 Å². The molecule has 6 nitrogen and oxygen atoms in total. The quantitative estimate of drug-likeness (QED) is 0.504. The van der Waals surface area contributed by atoms with Gasteiger partial charge in [-0.05, 0) is 18.4 Å². The van der Waals surface area contributed by atoms with Crippen molar-refractivity contribution >= 4 is 17.1 Å². The molecule has 1 aromatic carbocycles. The molecule has 1 atom stereocenters. The van der Waals surface area contributed by atoms with E-state index in [-0.39, 0.29) is 24.3 Å². The fourth-order valence-electron chi connectivity index (χ4n) is 1.81. The molecule has 0 radical (unpaired) electrons. The van der Waals surface area contributed by atoms with E-state index in [1.54, 1.807) is 0 Å². The summed E-state index contributed by atoms with van der Waals surface area (Å²) in [5.74, 6) is 0.228. The molecule has 20 heavy (non-hydrogen) atoms. The standard InChI is InChI=1S/C14H23N3O3/c1-4-5-15-11-6-12(8-13(7-11)17(19)20)16-14(9-18)10(2)3/h6-8,10,14-16,18H,4-5,9H2,1-3H3. The van der Waals surface area contributed by atoms with Gasteiger partial charge in [-0.2, -0.15) is 0 Å². The summed E-state index contributed by atoms with van der Waals surface area (Å²) in [6, 6.07) is 4.70. The maximum atomic E-state index is 11.0. The lowest BCUT2D eigenvalue weighted by Crippen LogP contribution is -2.29. The minimum Gasteiger partial charge on any atom is -0.394 e. The lowest BCUT2D eigenvalue weighted by Gasteiger charge is -2.21. The first kappa shape index (κ1) is 16.2. The Labute approximate surface area is 119 Å². The highest BCUT2D eigenvalue weighted by atomic mass is 16.6. The van der Waals surface area contributed by atoms with Crippen molar-refractivity contribution < 1.29 is 10.0 Å². The molecule has 1 unspecified atom stereocenters. The van der Waals surface area contributed by atoms with Gasteiger partial charge in [-0.3, -0.25) is 10.1 Å². The van der Waals surface area contributed by atoms with Crippen molar-refractivity contribution in [1.29, 1.82) is 0 Å². The smallest absolute Gasteiger partial charge is 0.273 e. The number of nitrogens with one attached hydrogen (secondary N) is 2. The Bertz CT molecular complexity index is 449. The van der Waals surface area contributed by atoms with Crippen LogP contribution in [0.2, 0.25) is 0 Å². The Hall–Kier alpha value is -1.82. The van der Waals surface area contributed by atoms with E-state index < -0.39 is 4.92 Å². The van der Waals surface area contributed by atoms with Crippen molar-refractivity contribution in [3.8, 4) is 0 Å². The van der Waals surface area contributed by atoms with Crippen molar-refractivity contribution in [2.24, 2.45) is 5.92 Å². The number of aliphatic hydroxyl groups excluding tert-OH is 1. The number of nitro groups is 1. The van der Waals surface area contributed by atoms with Gasteiger partial charge in [0.2, 0.25) is 0 Å². The van der Waals surface area contributed by atoms with Crippen molar-refractivity contribution in [3.63, 3.8) is 0 Å². The molecule has 0 spiro atoms. The first-order valence-corrected chi connectivity index (χ1v) is 6.88. The Kier molecular flexibility index (Phi) is 6.24. The molecule has 3 N–H and O–H groups in total. The van der Waals surface area contributed by atoms with Crippen LogP contribution >= 0.6 is 0 Å². The van der Waals surface area contributed by atoms with Gasteiger partial charge in [-0.15, -0.1) is 0 Å². The average molecular weight is 281 g/mol. The second kappa shape index (κ2) is 7.69. The van der Waals surface area contributed by atoms with Crippen molar-refractivity contribution in [2.75, 3.05) is 23.8 Å². The predicted molar refractivity (Wildman–Crippen MR) is 81.2 cm³/mol. The van der Waals surface area contributed by atoms with Crippen molar-refractivity contribution in [1.82, 2.24) is 0 Å². The molecule has 0 aliphatic carbocycles. The molecule has 0 aromatic heterocycles. The molecule has 1 rings (SSSR count). The Morgan fingerprint density at radius 1 is 1.30 bits per heavy atom. The van der Waals surface area contributed by atoms with Crippen LogP contribution in [-0.4, -0.2) is 29.2 Å². The molecule has 0 saturated heterocycles. The zero-order valence-electron chi connectivity index (χ0n) is 12.2. The third-order valence-electron chi connectivity index (χ3n) is 3.06. The number of rotatable bonds is 8. The van der Waals surface area contributed by atoms with E-state index in [2.05, 4.69) is 10.6 Å². The molecule has 0 aliphatic rings. The Morgan fingerprint density at radius 3 is 2.45 bits per heavy atom. The van der Waals surface area contributed by atoms with E-state index in [0.717, 1.165) is 13.0 Å². The number of aliphatic hydroxyl groups is 1. The molecule has 0 saturated carbocycles. The van der Waals surface area contributed by atoms with E-state index in [0.29, 0.717) is 11.4 Å². The summed E-state index contributed by atoms with van der Waals surface area (Å²) in [7, 11) is 0. The van der Waals surface area contributed by atoms with E-state index in [1.165, 1.54) is 12.1 Å². The SMILES string of the molecule is CCCNc1cc(NC(CO)C(C)C)cc([N+](=O)[O-])c1. The van der Waals surface area contributed by atoms with Gasteiger partial charge in [0.1, 0.15) is 0 Å². The van der Waals surface area contributed by atoms with Gasteiger partial charge < -0.3 is 15.7 Å². The summed E-state index contributed by atoms with van der Waals surface area (Å²) in [6.07, 6.45) is 0.941. The van der Waals surface area contributed by atoms with Crippen LogP contribution in [0.25, 0.3) is 0 Å². The monoisotopic (exact) mass is 281 g/mol. The maximum Gasteiger partial charge on any atom is 0.273 e. The molecule has 6 heteroatoms. The third kappa shape index (κ3) is 4.70. The van der Waals surface area contributed by atoms with Gasteiger partial charge in [0.25, 0.3) is 5.69 Å². The molecular weight excluding hydrogens is 258 g/mol. The van der Waals surface area contributed by atoms with Crippen LogP contribution in [0.15, 0.2) is 18.2 Å². The number of non-ortho nitro benzene ring substituents is 1. The largest absolute Gasteiger partial charge is 0.394 e. The van der Waals surface area contributed by atoms with Gasteiger partial charge in [-0.25, -0.2) is 0 Å². The summed E-state index contributed by atoms with van der Waals surface area (Å²) in [4.78, 5) is 10.6. The number of nitro benzene ring substituents is 1. The van der Waals surface area contributed by atoms with Crippen LogP contribution in [0.3, 0.4) is 0 Å². The molecule has 0 bridgehead atoms. The summed E-state index contributed by atoms with van der Waals surface area (Å²) in [5, 5.41) is 26.6. The Morgan fingerprint density at radius 2 is 1.95 bits per heavy atom. The van der Waals surface area contributed by atoms with Gasteiger partial charge in [0, 0.05) is 30.1 Å². The minimum absolute atomic E-state index is 0.0158. The number of nitrogens with zero attached hydrogens (tertiary/aromatic N) is 1. The fourth-order valence-corrected chi connectivity index (χ4v) is 1.81. The zero-order valence-corrected chi connectivity index (χ0v) is 12.2. The zero-order chi connectivity index (χ0) is 15.1. The number of anilines is 2. The van der Waals surface area contributed by atoms with Crippen LogP contribution in [0, 0.1) is 16.0 Å². The average Bonchev–Trinajstić information content (AvgIpc) is 2.41. The minimum atomic E-state index is -0.411. The summed E-state index contributed by atoms with van der Waals surface area (Å²) < 4.78 is 0. The third-order valence-corrected chi connectivity index (χ3v) is 3.06. The molecule has 0 fully saturated rings. The molecule has 112 valence electrons. The molecule has 0 amide bonds. The number of benzene rings is 1. The molecule has 1 aromatic rings. The van der Waals surface area contributed by atoms with Crippen molar-refractivity contribution in [3.05, 3.63) is 28.3 Å². The van der Waals surface area contributed by atoms with Gasteiger partial charge in [0.05, 0.1) is 17.6 Å². The second-order valence-corrected chi connectivity index (χ2v) is 5.13. The molecule has 0 heterocycles. The number of hydrogen-bond donors (Lipinski definition) is 3. The predicted octanol–water partition coefficient (Wildman–Crippen LogP) is 2.85. The lowest BCUT2D eigenvalue weighted by molar-refractivity contribution is -0.384. The van der Waals surface area contributed by atoms with Gasteiger partial charge in [-0.1, -0.05) is 20.8 Å². The first-order chi connectivity index (χ1) is 9.47. The highest BCUT2D eigenvalue weighted by Crippen LogP contribution is 2.25. The van der Waals surface area contributed by atoms with E-state index in [9.17, 15) is 15.2 Å². The van der Waals surface area contributed by atoms with Gasteiger partial charge in [0.15, 0.2) is 0 Å².